The number of anilines is 1. The molecule has 0 aromatic heterocycles. The number of aryl methyl sites for hydroxylation is 1. The predicted molar refractivity (Wildman–Crippen MR) is 178 cm³/mol. The molecule has 1 N–H and O–H groups in total. The van der Waals surface area contributed by atoms with Gasteiger partial charge in [0, 0.05) is 18.1 Å². The van der Waals surface area contributed by atoms with Crippen molar-refractivity contribution in [3.05, 3.63) is 119 Å². The molecular weight excluding hydrogens is 610 g/mol. The summed E-state index contributed by atoms with van der Waals surface area (Å²) in [4.78, 5) is 28.7. The second kappa shape index (κ2) is 15.6. The van der Waals surface area contributed by atoms with Gasteiger partial charge >= 0.3 is 0 Å². The summed E-state index contributed by atoms with van der Waals surface area (Å²) in [7, 11) is -4.19. The average Bonchev–Trinajstić information content (AvgIpc) is 3.03. The molecule has 4 aromatic carbocycles. The molecule has 0 fully saturated rings. The fourth-order valence-electron chi connectivity index (χ4n) is 4.62. The van der Waals surface area contributed by atoms with Gasteiger partial charge in [-0.25, -0.2) is 8.42 Å². The zero-order valence-corrected chi connectivity index (χ0v) is 27.2. The Morgan fingerprint density at radius 3 is 2.20 bits per heavy atom. The van der Waals surface area contributed by atoms with Crippen LogP contribution in [0.2, 0.25) is 5.02 Å². The van der Waals surface area contributed by atoms with E-state index in [-0.39, 0.29) is 23.0 Å². The second-order valence-corrected chi connectivity index (χ2v) is 13.0. The van der Waals surface area contributed by atoms with Crippen molar-refractivity contribution < 1.29 is 22.7 Å². The van der Waals surface area contributed by atoms with Gasteiger partial charge in [0.15, 0.2) is 0 Å². The molecule has 8 nitrogen and oxygen atoms in total. The molecule has 236 valence electrons. The number of halogens is 1. The number of ether oxygens (including phenoxy) is 1. The molecule has 0 unspecified atom stereocenters. The summed E-state index contributed by atoms with van der Waals surface area (Å²) in [6, 6.07) is 28.3. The molecule has 0 saturated carbocycles. The van der Waals surface area contributed by atoms with Crippen molar-refractivity contribution in [3.63, 3.8) is 0 Å². The molecular formula is C35H38ClN3O5S. The van der Waals surface area contributed by atoms with E-state index in [1.807, 2.05) is 44.2 Å². The summed E-state index contributed by atoms with van der Waals surface area (Å²) < 4.78 is 35.1. The molecule has 45 heavy (non-hydrogen) atoms. The number of nitrogens with zero attached hydrogens (tertiary/aromatic N) is 2. The lowest BCUT2D eigenvalue weighted by molar-refractivity contribution is -0.139. The van der Waals surface area contributed by atoms with Crippen LogP contribution in [0.3, 0.4) is 0 Å². The molecule has 0 aliphatic carbocycles. The van der Waals surface area contributed by atoms with Crippen LogP contribution in [0.1, 0.15) is 37.8 Å². The number of nitrogens with one attached hydrogen (secondary N) is 1. The van der Waals surface area contributed by atoms with Crippen LogP contribution >= 0.6 is 11.6 Å². The molecule has 0 aliphatic rings. The third kappa shape index (κ3) is 9.09. The van der Waals surface area contributed by atoms with Crippen molar-refractivity contribution in [2.75, 3.05) is 17.4 Å². The molecule has 4 aromatic rings. The quantitative estimate of drug-likeness (QED) is 0.149. The first-order valence-electron chi connectivity index (χ1n) is 14.8. The highest BCUT2D eigenvalue weighted by Gasteiger charge is 2.32. The van der Waals surface area contributed by atoms with Gasteiger partial charge in [0.2, 0.25) is 11.8 Å². The van der Waals surface area contributed by atoms with E-state index in [4.69, 9.17) is 16.3 Å². The molecule has 0 spiro atoms. The Labute approximate surface area is 270 Å². The predicted octanol–water partition coefficient (Wildman–Crippen LogP) is 6.97. The molecule has 0 heterocycles. The van der Waals surface area contributed by atoms with Gasteiger partial charge in [0.1, 0.15) is 24.1 Å². The van der Waals surface area contributed by atoms with Gasteiger partial charge in [-0.15, -0.1) is 0 Å². The highest BCUT2D eigenvalue weighted by atomic mass is 35.5. The van der Waals surface area contributed by atoms with Crippen LogP contribution in [-0.4, -0.2) is 44.3 Å². The third-order valence-electron chi connectivity index (χ3n) is 7.23. The Balaban J connectivity index is 1.69. The van der Waals surface area contributed by atoms with Crippen LogP contribution < -0.4 is 14.4 Å². The number of benzene rings is 4. The highest BCUT2D eigenvalue weighted by Crippen LogP contribution is 2.29. The third-order valence-corrected chi connectivity index (χ3v) is 9.25. The maximum absolute atomic E-state index is 14.1. The molecule has 2 amide bonds. The first-order valence-corrected chi connectivity index (χ1v) is 16.6. The topological polar surface area (TPSA) is 96.0 Å². The van der Waals surface area contributed by atoms with Gasteiger partial charge in [-0.1, -0.05) is 73.0 Å². The van der Waals surface area contributed by atoms with E-state index in [1.54, 1.807) is 67.6 Å². The molecule has 1 atom stereocenters. The van der Waals surface area contributed by atoms with Gasteiger partial charge in [0.05, 0.1) is 10.6 Å². The molecule has 0 radical (unpaired) electrons. The van der Waals surface area contributed by atoms with Crippen LogP contribution in [0.4, 0.5) is 5.69 Å². The normalized spacial score (nSPS) is 11.8. The minimum atomic E-state index is -4.19. The lowest BCUT2D eigenvalue weighted by atomic mass is 10.1. The zero-order valence-electron chi connectivity index (χ0n) is 25.6. The maximum Gasteiger partial charge on any atom is 0.264 e. The van der Waals surface area contributed by atoms with Crippen molar-refractivity contribution in [1.29, 1.82) is 0 Å². The fourth-order valence-corrected chi connectivity index (χ4v) is 6.25. The van der Waals surface area contributed by atoms with E-state index >= 15 is 0 Å². The van der Waals surface area contributed by atoms with E-state index in [1.165, 1.54) is 17.0 Å². The van der Waals surface area contributed by atoms with Crippen molar-refractivity contribution >= 4 is 39.1 Å². The Hall–Kier alpha value is -4.34. The van der Waals surface area contributed by atoms with E-state index in [9.17, 15) is 18.0 Å². The molecule has 4 rings (SSSR count). The first kappa shape index (κ1) is 33.6. The molecule has 10 heteroatoms. The second-order valence-electron chi connectivity index (χ2n) is 10.7. The Bertz CT molecular complexity index is 1680. The Kier molecular flexibility index (Phi) is 11.6. The van der Waals surface area contributed by atoms with Crippen molar-refractivity contribution in [3.8, 4) is 11.5 Å². The minimum absolute atomic E-state index is 0.0391. The van der Waals surface area contributed by atoms with Crippen LogP contribution in [0.5, 0.6) is 11.5 Å². The number of rotatable bonds is 14. The summed E-state index contributed by atoms with van der Waals surface area (Å²) >= 11 is 6.22. The van der Waals surface area contributed by atoms with Crippen molar-refractivity contribution in [2.45, 2.75) is 51.1 Å². The van der Waals surface area contributed by atoms with Crippen LogP contribution in [0.25, 0.3) is 0 Å². The largest absolute Gasteiger partial charge is 0.457 e. The summed E-state index contributed by atoms with van der Waals surface area (Å²) in [6.07, 6.45) is 1.70. The average molecular weight is 648 g/mol. The summed E-state index contributed by atoms with van der Waals surface area (Å²) in [5, 5.41) is 3.37. The number of sulfonamides is 1. The number of unbranched alkanes of at least 4 members (excludes halogenated alkanes) is 1. The number of carbonyl (C=O) groups excluding carboxylic acids is 2. The van der Waals surface area contributed by atoms with Crippen LogP contribution in [0, 0.1) is 6.92 Å². The Morgan fingerprint density at radius 1 is 0.889 bits per heavy atom. The van der Waals surface area contributed by atoms with E-state index in [0.29, 0.717) is 28.6 Å². The van der Waals surface area contributed by atoms with E-state index < -0.39 is 28.5 Å². The van der Waals surface area contributed by atoms with Gasteiger partial charge in [0.25, 0.3) is 10.0 Å². The van der Waals surface area contributed by atoms with E-state index in [2.05, 4.69) is 5.32 Å². The smallest absolute Gasteiger partial charge is 0.264 e. The number of hydrogen-bond acceptors (Lipinski definition) is 5. The number of amides is 2. The van der Waals surface area contributed by atoms with Crippen molar-refractivity contribution in [1.82, 2.24) is 10.2 Å². The SMILES string of the molecule is CCCCNC(=O)[C@H](C)N(Cc1cccc(Cl)c1)C(=O)CN(c1ccc(Oc2ccccc2)cc1)S(=O)(=O)c1ccc(C)cc1. The van der Waals surface area contributed by atoms with Gasteiger partial charge < -0.3 is 15.0 Å². The molecule has 0 bridgehead atoms. The number of carbonyl (C=O) groups is 2. The zero-order chi connectivity index (χ0) is 32.4. The maximum atomic E-state index is 14.1. The minimum Gasteiger partial charge on any atom is -0.457 e. The lowest BCUT2D eigenvalue weighted by Gasteiger charge is -2.32. The van der Waals surface area contributed by atoms with Crippen LogP contribution in [-0.2, 0) is 26.2 Å². The summed E-state index contributed by atoms with van der Waals surface area (Å²) in [5.41, 5.74) is 1.88. The summed E-state index contributed by atoms with van der Waals surface area (Å²) in [6.45, 7) is 5.52. The van der Waals surface area contributed by atoms with Gasteiger partial charge in [-0.2, -0.15) is 0 Å². The van der Waals surface area contributed by atoms with Gasteiger partial charge in [-0.05, 0) is 86.5 Å². The lowest BCUT2D eigenvalue weighted by Crippen LogP contribution is -2.51. The monoisotopic (exact) mass is 647 g/mol. The highest BCUT2D eigenvalue weighted by molar-refractivity contribution is 7.92. The Morgan fingerprint density at radius 2 is 1.56 bits per heavy atom. The number of para-hydroxylation sites is 1. The molecule has 0 aliphatic heterocycles. The standard InChI is InChI=1S/C35H38ClN3O5S/c1-4-5-22-37-35(41)27(3)38(24-28-10-9-11-29(36)23-28)34(40)25-39(45(42,43)33-20-14-26(2)15-21-33)30-16-18-32(19-17-30)44-31-12-7-6-8-13-31/h6-21,23,27H,4-5,22,24-25H2,1-3H3,(H,37,41)/t27-/m0/s1. The summed E-state index contributed by atoms with van der Waals surface area (Å²) in [5.74, 6) is 0.263. The molecule has 0 saturated heterocycles. The fraction of sp³-hybridized carbons (Fsp3) is 0.257. The first-order chi connectivity index (χ1) is 21.6. The van der Waals surface area contributed by atoms with Crippen molar-refractivity contribution in [2.24, 2.45) is 0 Å². The number of hydrogen-bond donors (Lipinski definition) is 1. The van der Waals surface area contributed by atoms with Crippen LogP contribution in [0.15, 0.2) is 108 Å². The van der Waals surface area contributed by atoms with E-state index in [0.717, 1.165) is 22.7 Å². The van der Waals surface area contributed by atoms with Gasteiger partial charge in [-0.3, -0.25) is 13.9 Å².